The van der Waals surface area contributed by atoms with Crippen molar-refractivity contribution < 1.29 is 14.0 Å². The molecule has 0 unspecified atom stereocenters. The summed E-state index contributed by atoms with van der Waals surface area (Å²) in [4.78, 5) is 13.0. The molecule has 0 amide bonds. The molecule has 0 aromatic heterocycles. The summed E-state index contributed by atoms with van der Waals surface area (Å²) in [6.45, 7) is 15.7. The molecule has 2 bridgehead atoms. The Balaban J connectivity index is 1.86. The Hall–Kier alpha value is -0.713. The predicted molar refractivity (Wildman–Crippen MR) is 104 cm³/mol. The molecule has 2 heterocycles. The van der Waals surface area contributed by atoms with Crippen LogP contribution in [0.3, 0.4) is 0 Å². The van der Waals surface area contributed by atoms with E-state index in [0.717, 1.165) is 25.7 Å². The zero-order valence-corrected chi connectivity index (χ0v) is 17.6. The summed E-state index contributed by atoms with van der Waals surface area (Å²) >= 11 is 0. The van der Waals surface area contributed by atoms with Crippen LogP contribution in [-0.4, -0.2) is 31.9 Å². The third-order valence-electron chi connectivity index (χ3n) is 7.08. The van der Waals surface area contributed by atoms with E-state index in [1.807, 2.05) is 6.08 Å². The molecule has 0 aromatic carbocycles. The molecule has 2 aliphatic heterocycles. The summed E-state index contributed by atoms with van der Waals surface area (Å²) in [5.74, 6) is 0.645. The average Bonchev–Trinajstić information content (AvgIpc) is 2.79. The fraction of sp³-hybridized carbons (Fsp3) is 0.762. The predicted octanol–water partition coefficient (Wildman–Crippen LogP) is 5.04. The first-order valence-corrected chi connectivity index (χ1v) is 12.6. The topological polar surface area (TPSA) is 35.5 Å². The van der Waals surface area contributed by atoms with Crippen molar-refractivity contribution in [3.63, 3.8) is 0 Å². The van der Waals surface area contributed by atoms with Gasteiger partial charge >= 0.3 is 0 Å². The van der Waals surface area contributed by atoms with Crippen molar-refractivity contribution in [2.24, 2.45) is 11.8 Å². The molecule has 0 aromatic rings. The van der Waals surface area contributed by atoms with Crippen molar-refractivity contribution in [1.29, 1.82) is 0 Å². The van der Waals surface area contributed by atoms with Crippen molar-refractivity contribution in [3.05, 3.63) is 24.8 Å². The van der Waals surface area contributed by atoms with Crippen LogP contribution in [0.15, 0.2) is 24.8 Å². The van der Waals surface area contributed by atoms with Crippen molar-refractivity contribution >= 4 is 14.1 Å². The van der Waals surface area contributed by atoms with Gasteiger partial charge in [-0.15, -0.1) is 6.58 Å². The largest absolute Gasteiger partial charge is 0.414 e. The molecule has 25 heavy (non-hydrogen) atoms. The average molecular weight is 363 g/mol. The van der Waals surface area contributed by atoms with Crippen molar-refractivity contribution in [2.75, 3.05) is 6.61 Å². The molecule has 140 valence electrons. The minimum absolute atomic E-state index is 0.0385. The van der Waals surface area contributed by atoms with Crippen LogP contribution in [0, 0.1) is 11.8 Å². The molecule has 1 aliphatic carbocycles. The third kappa shape index (κ3) is 3.11. The summed E-state index contributed by atoms with van der Waals surface area (Å²) in [6.07, 6.45) is 10.5. The molecule has 0 saturated carbocycles. The normalized spacial score (nSPS) is 37.9. The minimum Gasteiger partial charge on any atom is -0.414 e. The quantitative estimate of drug-likeness (QED) is 0.508. The van der Waals surface area contributed by atoms with Gasteiger partial charge in [0.1, 0.15) is 5.78 Å². The van der Waals surface area contributed by atoms with Crippen LogP contribution in [0.4, 0.5) is 0 Å². The van der Waals surface area contributed by atoms with Crippen molar-refractivity contribution in [1.82, 2.24) is 0 Å². The maximum atomic E-state index is 13.0. The highest BCUT2D eigenvalue weighted by molar-refractivity contribution is 6.74. The molecular weight excluding hydrogens is 328 g/mol. The second-order valence-electron chi connectivity index (χ2n) is 9.79. The van der Waals surface area contributed by atoms with Gasteiger partial charge in [-0.2, -0.15) is 0 Å². The Kier molecular flexibility index (Phi) is 4.71. The first kappa shape index (κ1) is 19.1. The highest BCUT2D eigenvalue weighted by Gasteiger charge is 2.64. The van der Waals surface area contributed by atoms with Crippen molar-refractivity contribution in [3.8, 4) is 0 Å². The molecule has 0 N–H and O–H groups in total. The summed E-state index contributed by atoms with van der Waals surface area (Å²) < 4.78 is 13.3. The van der Waals surface area contributed by atoms with Crippen LogP contribution < -0.4 is 0 Å². The molecule has 2 fully saturated rings. The zero-order chi connectivity index (χ0) is 18.5. The van der Waals surface area contributed by atoms with Gasteiger partial charge in [-0.3, -0.25) is 4.79 Å². The minimum atomic E-state index is -1.86. The first-order chi connectivity index (χ1) is 11.6. The molecule has 4 heteroatoms. The van der Waals surface area contributed by atoms with E-state index in [-0.39, 0.29) is 16.6 Å². The van der Waals surface area contributed by atoms with Gasteiger partial charge < -0.3 is 9.16 Å². The van der Waals surface area contributed by atoms with Crippen LogP contribution in [0.25, 0.3) is 0 Å². The van der Waals surface area contributed by atoms with Gasteiger partial charge in [0, 0.05) is 12.3 Å². The van der Waals surface area contributed by atoms with E-state index < -0.39 is 13.9 Å². The molecule has 3 nitrogen and oxygen atoms in total. The summed E-state index contributed by atoms with van der Waals surface area (Å²) in [7, 11) is -1.86. The fourth-order valence-corrected chi connectivity index (χ4v) is 5.68. The SMILES string of the molecule is C=CC[C@@H]1C(=O)C[C@]2(CO[Si](C)(C)C(C)(C)C)C[C@H]3C=CCC[C@@]31O2. The highest BCUT2D eigenvalue weighted by atomic mass is 28.4. The fourth-order valence-electron chi connectivity index (χ4n) is 4.62. The standard InChI is InChI=1S/C21H34O3Si/c1-7-10-17-18(22)14-20(15-23-25(5,6)19(2,3)4)13-16-11-8-9-12-21(16,17)24-20/h7-8,11,16-17H,1,9-10,12-15H2,2-6H3/t16-,17-,20+,21-/m1/s1. The van der Waals surface area contributed by atoms with Crippen molar-refractivity contribution in [2.45, 2.75) is 82.2 Å². The van der Waals surface area contributed by atoms with E-state index in [9.17, 15) is 4.79 Å². The number of fused-ring (bicyclic) bond motifs is 1. The number of carbonyl (C=O) groups excluding carboxylic acids is 1. The summed E-state index contributed by atoms with van der Waals surface area (Å²) in [5.41, 5.74) is -0.751. The lowest BCUT2D eigenvalue weighted by Gasteiger charge is -2.47. The molecule has 0 radical (unpaired) electrons. The monoisotopic (exact) mass is 362 g/mol. The van der Waals surface area contributed by atoms with Gasteiger partial charge in [0.15, 0.2) is 8.32 Å². The highest BCUT2D eigenvalue weighted by Crippen LogP contribution is 2.58. The zero-order valence-electron chi connectivity index (χ0n) is 16.6. The number of rotatable bonds is 5. The smallest absolute Gasteiger partial charge is 0.192 e. The molecule has 2 saturated heterocycles. The van der Waals surface area contributed by atoms with Gasteiger partial charge in [0.2, 0.25) is 0 Å². The lowest BCUT2D eigenvalue weighted by Crippen LogP contribution is -2.56. The van der Waals surface area contributed by atoms with Gasteiger partial charge in [0.25, 0.3) is 0 Å². The number of hydrogen-bond acceptors (Lipinski definition) is 3. The van der Waals surface area contributed by atoms with Crippen LogP contribution in [0.5, 0.6) is 0 Å². The number of ketones is 1. The Bertz CT molecular complexity index is 588. The van der Waals surface area contributed by atoms with Crippen LogP contribution in [0.2, 0.25) is 18.1 Å². The number of ether oxygens (including phenoxy) is 1. The Morgan fingerprint density at radius 1 is 1.44 bits per heavy atom. The van der Waals surface area contributed by atoms with Gasteiger partial charge in [-0.25, -0.2) is 0 Å². The van der Waals surface area contributed by atoms with Crippen LogP contribution >= 0.6 is 0 Å². The van der Waals surface area contributed by atoms with Crippen LogP contribution in [0.1, 0.15) is 52.9 Å². The van der Waals surface area contributed by atoms with E-state index in [4.69, 9.17) is 9.16 Å². The van der Waals surface area contributed by atoms with E-state index in [1.165, 1.54) is 0 Å². The van der Waals surface area contributed by atoms with Gasteiger partial charge in [-0.1, -0.05) is 39.0 Å². The van der Waals surface area contributed by atoms with E-state index in [2.05, 4.69) is 52.6 Å². The Labute approximate surface area is 154 Å². The maximum Gasteiger partial charge on any atom is 0.192 e. The maximum absolute atomic E-state index is 13.0. The van der Waals surface area contributed by atoms with Gasteiger partial charge in [0.05, 0.1) is 23.7 Å². The Morgan fingerprint density at radius 2 is 2.16 bits per heavy atom. The second-order valence-corrected chi connectivity index (χ2v) is 14.6. The number of hydrogen-bond donors (Lipinski definition) is 0. The lowest BCUT2D eigenvalue weighted by atomic mass is 9.69. The number of Topliss-reactive ketones (excluding diaryl/α,β-unsaturated/α-hetero) is 1. The van der Waals surface area contributed by atoms with E-state index in [1.54, 1.807) is 0 Å². The first-order valence-electron chi connectivity index (χ1n) is 9.70. The molecule has 3 rings (SSSR count). The second kappa shape index (κ2) is 6.17. The molecule has 1 spiro atoms. The van der Waals surface area contributed by atoms with Gasteiger partial charge in [-0.05, 0) is 43.8 Å². The van der Waals surface area contributed by atoms with E-state index in [0.29, 0.717) is 24.7 Å². The third-order valence-corrected chi connectivity index (χ3v) is 11.6. The van der Waals surface area contributed by atoms with Crippen LogP contribution in [-0.2, 0) is 14.0 Å². The molecule has 4 atom stereocenters. The Morgan fingerprint density at radius 3 is 2.80 bits per heavy atom. The number of carbonyl (C=O) groups is 1. The summed E-state index contributed by atoms with van der Waals surface area (Å²) in [6, 6.07) is 0. The molecular formula is C21H34O3Si. The number of allylic oxidation sites excluding steroid dienone is 2. The summed E-state index contributed by atoms with van der Waals surface area (Å²) in [5, 5.41) is 0.163. The lowest BCUT2D eigenvalue weighted by molar-refractivity contribution is -0.192. The molecule has 3 aliphatic rings. The van der Waals surface area contributed by atoms with E-state index >= 15 is 0 Å².